The lowest BCUT2D eigenvalue weighted by molar-refractivity contribution is -0.149. The van der Waals surface area contributed by atoms with Crippen molar-refractivity contribution in [3.05, 3.63) is 0 Å². The number of nitrogens with two attached hydrogens (primary N) is 1. The molecule has 86 valence electrons. The molecule has 3 N–H and O–H groups in total. The fraction of sp³-hybridized carbons (Fsp3) is 0.800. The van der Waals surface area contributed by atoms with Crippen molar-refractivity contribution >= 4 is 11.9 Å². The van der Waals surface area contributed by atoms with Crippen molar-refractivity contribution in [1.82, 2.24) is 4.90 Å². The van der Waals surface area contributed by atoms with Gasteiger partial charge in [0.2, 0.25) is 5.91 Å². The first-order chi connectivity index (χ1) is 6.86. The number of carboxylic acid groups (broad SMARTS) is 1. The van der Waals surface area contributed by atoms with Crippen LogP contribution < -0.4 is 5.73 Å². The molecular weight excluding hydrogens is 196 g/mol. The summed E-state index contributed by atoms with van der Waals surface area (Å²) in [6, 6.07) is -0.791. The summed E-state index contributed by atoms with van der Waals surface area (Å²) in [6.07, 6.45) is 3.02. The molecule has 0 aromatic rings. The van der Waals surface area contributed by atoms with E-state index in [1.807, 2.05) is 0 Å². The first kappa shape index (κ1) is 12.0. The zero-order valence-electron chi connectivity index (χ0n) is 9.19. The molecule has 1 aliphatic rings. The molecule has 0 bridgehead atoms. The van der Waals surface area contributed by atoms with Gasteiger partial charge in [-0.25, -0.2) is 4.79 Å². The number of carbonyl (C=O) groups is 2. The Morgan fingerprint density at radius 2 is 2.07 bits per heavy atom. The number of likely N-dealkylation sites (N-methyl/N-ethyl adjacent to an activating group) is 1. The van der Waals surface area contributed by atoms with E-state index in [0.29, 0.717) is 0 Å². The van der Waals surface area contributed by atoms with Gasteiger partial charge in [-0.05, 0) is 26.2 Å². The van der Waals surface area contributed by atoms with Crippen LogP contribution in [-0.4, -0.2) is 40.5 Å². The monoisotopic (exact) mass is 214 g/mol. The summed E-state index contributed by atoms with van der Waals surface area (Å²) in [7, 11) is 1.50. The number of aliphatic carboxylic acids is 1. The van der Waals surface area contributed by atoms with Crippen molar-refractivity contribution in [1.29, 1.82) is 0 Å². The summed E-state index contributed by atoms with van der Waals surface area (Å²) in [6.45, 7) is 1.49. The first-order valence-corrected chi connectivity index (χ1v) is 5.13. The van der Waals surface area contributed by atoms with Crippen LogP contribution in [0.2, 0.25) is 0 Å². The molecule has 0 aromatic heterocycles. The molecule has 0 aromatic carbocycles. The molecule has 5 heteroatoms. The van der Waals surface area contributed by atoms with Crippen LogP contribution in [-0.2, 0) is 9.59 Å². The molecule has 1 amide bonds. The van der Waals surface area contributed by atoms with E-state index in [1.54, 1.807) is 0 Å². The Kier molecular flexibility index (Phi) is 3.34. The summed E-state index contributed by atoms with van der Waals surface area (Å²) < 4.78 is 0. The second kappa shape index (κ2) is 4.18. The first-order valence-electron chi connectivity index (χ1n) is 5.13. The molecule has 5 nitrogen and oxygen atoms in total. The maximum atomic E-state index is 11.7. The summed E-state index contributed by atoms with van der Waals surface area (Å²) in [4.78, 5) is 23.6. The van der Waals surface area contributed by atoms with Crippen LogP contribution in [0.5, 0.6) is 0 Å². The van der Waals surface area contributed by atoms with Gasteiger partial charge in [0.15, 0.2) is 0 Å². The molecule has 1 rings (SSSR count). The maximum Gasteiger partial charge on any atom is 0.326 e. The van der Waals surface area contributed by atoms with E-state index in [9.17, 15) is 9.59 Å². The van der Waals surface area contributed by atoms with Crippen molar-refractivity contribution < 1.29 is 14.7 Å². The maximum absolute atomic E-state index is 11.7. The van der Waals surface area contributed by atoms with Crippen molar-refractivity contribution in [2.24, 2.45) is 5.73 Å². The van der Waals surface area contributed by atoms with Gasteiger partial charge >= 0.3 is 5.97 Å². The number of nitrogens with zero attached hydrogens (tertiary/aromatic N) is 1. The average molecular weight is 214 g/mol. The molecule has 15 heavy (non-hydrogen) atoms. The highest BCUT2D eigenvalue weighted by Gasteiger charge is 2.36. The van der Waals surface area contributed by atoms with E-state index >= 15 is 0 Å². The number of hydrogen-bond acceptors (Lipinski definition) is 3. The number of carbonyl (C=O) groups excluding carboxylic acids is 1. The third-order valence-corrected chi connectivity index (χ3v) is 3.18. The second-order valence-electron chi connectivity index (χ2n) is 4.41. The van der Waals surface area contributed by atoms with Gasteiger partial charge in [-0.15, -0.1) is 0 Å². The lowest BCUT2D eigenvalue weighted by Crippen LogP contribution is -2.51. The quantitative estimate of drug-likeness (QED) is 0.699. The molecule has 0 spiro atoms. The van der Waals surface area contributed by atoms with Crippen molar-refractivity contribution in [2.75, 3.05) is 7.05 Å². The van der Waals surface area contributed by atoms with Crippen LogP contribution in [0.25, 0.3) is 0 Å². The standard InChI is InChI=1S/C10H18N2O3/c1-7(9(14)15)12(2)8(13)6-10(11)4-3-5-10/h7H,3-6,11H2,1-2H3,(H,14,15). The van der Waals surface area contributed by atoms with E-state index < -0.39 is 12.0 Å². The fourth-order valence-electron chi connectivity index (χ4n) is 1.62. The van der Waals surface area contributed by atoms with E-state index in [1.165, 1.54) is 18.9 Å². The van der Waals surface area contributed by atoms with Gasteiger partial charge in [0.1, 0.15) is 6.04 Å². The van der Waals surface area contributed by atoms with Crippen LogP contribution in [0.4, 0.5) is 0 Å². The second-order valence-corrected chi connectivity index (χ2v) is 4.41. The number of carboxylic acids is 1. The number of hydrogen-bond donors (Lipinski definition) is 2. The van der Waals surface area contributed by atoms with Gasteiger partial charge in [-0.2, -0.15) is 0 Å². The number of rotatable bonds is 4. The third-order valence-electron chi connectivity index (χ3n) is 3.18. The summed E-state index contributed by atoms with van der Waals surface area (Å²) in [5, 5.41) is 8.75. The molecule has 1 unspecified atom stereocenters. The van der Waals surface area contributed by atoms with Gasteiger partial charge < -0.3 is 15.7 Å². The lowest BCUT2D eigenvalue weighted by atomic mass is 9.75. The van der Waals surface area contributed by atoms with Gasteiger partial charge in [0, 0.05) is 19.0 Å². The average Bonchev–Trinajstić information content (AvgIpc) is 2.12. The zero-order valence-corrected chi connectivity index (χ0v) is 9.19. The van der Waals surface area contributed by atoms with E-state index in [2.05, 4.69) is 0 Å². The molecule has 1 atom stereocenters. The lowest BCUT2D eigenvalue weighted by Gasteiger charge is -2.38. The van der Waals surface area contributed by atoms with Crippen LogP contribution in [0.1, 0.15) is 32.6 Å². The normalized spacial score (nSPS) is 20.2. The molecule has 0 saturated heterocycles. The SMILES string of the molecule is CC(C(=O)O)N(C)C(=O)CC1(N)CCC1. The van der Waals surface area contributed by atoms with E-state index in [-0.39, 0.29) is 17.9 Å². The predicted molar refractivity (Wildman–Crippen MR) is 55.3 cm³/mol. The Hall–Kier alpha value is -1.10. The Morgan fingerprint density at radius 1 is 1.53 bits per heavy atom. The van der Waals surface area contributed by atoms with Gasteiger partial charge in [-0.3, -0.25) is 4.79 Å². The molecular formula is C10H18N2O3. The minimum atomic E-state index is -0.995. The topological polar surface area (TPSA) is 83.6 Å². The summed E-state index contributed by atoms with van der Waals surface area (Å²) >= 11 is 0. The highest BCUT2D eigenvalue weighted by Crippen LogP contribution is 2.32. The Labute approximate surface area is 89.2 Å². The van der Waals surface area contributed by atoms with Gasteiger partial charge in [0.05, 0.1) is 0 Å². The smallest absolute Gasteiger partial charge is 0.326 e. The van der Waals surface area contributed by atoms with Crippen LogP contribution in [0, 0.1) is 0 Å². The Morgan fingerprint density at radius 3 is 2.40 bits per heavy atom. The molecule has 1 aliphatic carbocycles. The molecule has 1 fully saturated rings. The molecule has 0 aliphatic heterocycles. The minimum Gasteiger partial charge on any atom is -0.480 e. The van der Waals surface area contributed by atoms with Crippen LogP contribution in [0.3, 0.4) is 0 Å². The Balaban J connectivity index is 2.49. The minimum absolute atomic E-state index is 0.188. The zero-order chi connectivity index (χ0) is 11.6. The highest BCUT2D eigenvalue weighted by atomic mass is 16.4. The summed E-state index contributed by atoms with van der Waals surface area (Å²) in [5.74, 6) is -1.18. The molecule has 1 saturated carbocycles. The van der Waals surface area contributed by atoms with Gasteiger partial charge in [0.25, 0.3) is 0 Å². The summed E-state index contributed by atoms with van der Waals surface area (Å²) in [5.41, 5.74) is 5.54. The molecule has 0 radical (unpaired) electrons. The van der Waals surface area contributed by atoms with Crippen LogP contribution >= 0.6 is 0 Å². The van der Waals surface area contributed by atoms with Crippen LogP contribution in [0.15, 0.2) is 0 Å². The largest absolute Gasteiger partial charge is 0.480 e. The van der Waals surface area contributed by atoms with Gasteiger partial charge in [-0.1, -0.05) is 0 Å². The van der Waals surface area contributed by atoms with Crippen molar-refractivity contribution in [3.63, 3.8) is 0 Å². The van der Waals surface area contributed by atoms with E-state index in [0.717, 1.165) is 19.3 Å². The van der Waals surface area contributed by atoms with E-state index in [4.69, 9.17) is 10.8 Å². The number of amides is 1. The van der Waals surface area contributed by atoms with Crippen molar-refractivity contribution in [2.45, 2.75) is 44.2 Å². The third kappa shape index (κ3) is 2.68. The molecule has 0 heterocycles. The fourth-order valence-corrected chi connectivity index (χ4v) is 1.62. The Bertz CT molecular complexity index is 274. The predicted octanol–water partition coefficient (Wildman–Crippen LogP) is 0.189. The van der Waals surface area contributed by atoms with Crippen molar-refractivity contribution in [3.8, 4) is 0 Å². The highest BCUT2D eigenvalue weighted by molar-refractivity contribution is 5.83.